The fourth-order valence-corrected chi connectivity index (χ4v) is 1.69. The smallest absolute Gasteiger partial charge is 0.119 e. The Morgan fingerprint density at radius 2 is 2.23 bits per heavy atom. The zero-order valence-electron chi connectivity index (χ0n) is 8.13. The molecule has 0 spiro atoms. The van der Waals surface area contributed by atoms with Crippen molar-refractivity contribution in [2.75, 3.05) is 0 Å². The van der Waals surface area contributed by atoms with E-state index in [1.165, 1.54) is 0 Å². The van der Waals surface area contributed by atoms with Crippen LogP contribution in [0.5, 0.6) is 0 Å². The molecule has 0 aliphatic rings. The van der Waals surface area contributed by atoms with E-state index in [9.17, 15) is 0 Å². The number of alkyl halides is 1. The summed E-state index contributed by atoms with van der Waals surface area (Å²) in [5.74, 6) is 0.478. The molecule has 0 bridgehead atoms. The van der Waals surface area contributed by atoms with Crippen LogP contribution in [0.2, 0.25) is 0 Å². The SMILES string of the molecule is CC(C)(C)OCc1nc(CCl)cs1. The number of nitrogens with zero attached hydrogens (tertiary/aromatic N) is 1. The molecule has 0 N–H and O–H groups in total. The van der Waals surface area contributed by atoms with E-state index in [1.807, 2.05) is 26.2 Å². The lowest BCUT2D eigenvalue weighted by molar-refractivity contribution is -0.0150. The Bertz CT molecular complexity index is 267. The van der Waals surface area contributed by atoms with Crippen molar-refractivity contribution in [3.8, 4) is 0 Å². The van der Waals surface area contributed by atoms with E-state index in [1.54, 1.807) is 11.3 Å². The first kappa shape index (κ1) is 11.0. The molecule has 1 heterocycles. The number of hydrogen-bond donors (Lipinski definition) is 0. The van der Waals surface area contributed by atoms with Crippen LogP contribution in [0.3, 0.4) is 0 Å². The summed E-state index contributed by atoms with van der Waals surface area (Å²) in [4.78, 5) is 4.29. The number of halogens is 1. The van der Waals surface area contributed by atoms with Gasteiger partial charge in [-0.15, -0.1) is 22.9 Å². The molecule has 0 fully saturated rings. The van der Waals surface area contributed by atoms with E-state index in [4.69, 9.17) is 16.3 Å². The van der Waals surface area contributed by atoms with Gasteiger partial charge in [-0.1, -0.05) is 0 Å². The third-order valence-electron chi connectivity index (χ3n) is 1.36. The van der Waals surface area contributed by atoms with E-state index in [0.717, 1.165) is 10.7 Å². The maximum absolute atomic E-state index is 5.63. The zero-order valence-corrected chi connectivity index (χ0v) is 9.71. The van der Waals surface area contributed by atoms with Gasteiger partial charge in [0, 0.05) is 5.38 Å². The number of aromatic nitrogens is 1. The summed E-state index contributed by atoms with van der Waals surface area (Å²) in [6, 6.07) is 0. The summed E-state index contributed by atoms with van der Waals surface area (Å²) in [5.41, 5.74) is 0.825. The highest BCUT2D eigenvalue weighted by Gasteiger charge is 2.11. The van der Waals surface area contributed by atoms with Gasteiger partial charge >= 0.3 is 0 Å². The normalized spacial score (nSPS) is 12.0. The van der Waals surface area contributed by atoms with Crippen LogP contribution in [-0.4, -0.2) is 10.6 Å². The Balaban J connectivity index is 2.46. The van der Waals surface area contributed by atoms with E-state index < -0.39 is 0 Å². The molecule has 0 aliphatic heterocycles. The molecule has 13 heavy (non-hydrogen) atoms. The quantitative estimate of drug-likeness (QED) is 0.729. The first-order valence-electron chi connectivity index (χ1n) is 4.14. The lowest BCUT2D eigenvalue weighted by Gasteiger charge is -2.18. The van der Waals surface area contributed by atoms with Gasteiger partial charge in [0.05, 0.1) is 23.8 Å². The fraction of sp³-hybridized carbons (Fsp3) is 0.667. The summed E-state index contributed by atoms with van der Waals surface area (Å²) in [7, 11) is 0. The molecule has 1 aromatic rings. The van der Waals surface area contributed by atoms with Crippen molar-refractivity contribution in [2.24, 2.45) is 0 Å². The lowest BCUT2D eigenvalue weighted by atomic mass is 10.2. The van der Waals surface area contributed by atoms with Gasteiger partial charge in [0.2, 0.25) is 0 Å². The van der Waals surface area contributed by atoms with Gasteiger partial charge in [0.15, 0.2) is 0 Å². The predicted octanol–water partition coefficient (Wildman–Crippen LogP) is 3.20. The molecule has 0 saturated heterocycles. The molecule has 0 radical (unpaired) electrons. The van der Waals surface area contributed by atoms with Gasteiger partial charge in [-0.25, -0.2) is 4.98 Å². The molecule has 1 aromatic heterocycles. The second-order valence-electron chi connectivity index (χ2n) is 3.77. The summed E-state index contributed by atoms with van der Waals surface area (Å²) < 4.78 is 5.58. The van der Waals surface area contributed by atoms with Crippen LogP contribution in [-0.2, 0) is 17.2 Å². The molecule has 0 atom stereocenters. The van der Waals surface area contributed by atoms with E-state index in [-0.39, 0.29) is 5.60 Å². The summed E-state index contributed by atoms with van der Waals surface area (Å²) >= 11 is 7.23. The van der Waals surface area contributed by atoms with Crippen LogP contribution in [0.4, 0.5) is 0 Å². The van der Waals surface area contributed by atoms with E-state index in [2.05, 4.69) is 4.98 Å². The van der Waals surface area contributed by atoms with Crippen molar-refractivity contribution in [3.05, 3.63) is 16.1 Å². The highest BCUT2D eigenvalue weighted by atomic mass is 35.5. The second kappa shape index (κ2) is 4.40. The fourth-order valence-electron chi connectivity index (χ4n) is 0.755. The van der Waals surface area contributed by atoms with Gasteiger partial charge in [0.1, 0.15) is 5.01 Å². The average molecular weight is 220 g/mol. The molecule has 0 unspecified atom stereocenters. The molecule has 1 rings (SSSR count). The largest absolute Gasteiger partial charge is 0.369 e. The van der Waals surface area contributed by atoms with Crippen LogP contribution in [0.25, 0.3) is 0 Å². The van der Waals surface area contributed by atoms with Crippen LogP contribution in [0, 0.1) is 0 Å². The number of ether oxygens (including phenoxy) is 1. The Kier molecular flexibility index (Phi) is 3.71. The maximum atomic E-state index is 5.63. The van der Waals surface area contributed by atoms with Gasteiger partial charge in [-0.05, 0) is 20.8 Å². The molecular weight excluding hydrogens is 206 g/mol. The molecule has 0 aliphatic carbocycles. The first-order chi connectivity index (χ1) is 6.01. The number of rotatable bonds is 3. The standard InChI is InChI=1S/C9H14ClNOS/c1-9(2,3)12-5-8-11-7(4-10)6-13-8/h6H,4-5H2,1-3H3. The molecule has 4 heteroatoms. The van der Waals surface area contributed by atoms with Gasteiger partial charge in [-0.3, -0.25) is 0 Å². The third kappa shape index (κ3) is 4.07. The number of thiazole rings is 1. The maximum Gasteiger partial charge on any atom is 0.119 e. The van der Waals surface area contributed by atoms with Crippen molar-refractivity contribution in [2.45, 2.75) is 38.9 Å². The Hall–Kier alpha value is -0.120. The summed E-state index contributed by atoms with van der Waals surface area (Å²) in [5, 5.41) is 2.96. The Labute approximate surface area is 87.9 Å². The minimum atomic E-state index is -0.104. The highest BCUT2D eigenvalue weighted by Crippen LogP contribution is 2.16. The molecule has 74 valence electrons. The minimum Gasteiger partial charge on any atom is -0.369 e. The van der Waals surface area contributed by atoms with Gasteiger partial charge < -0.3 is 4.74 Å². The summed E-state index contributed by atoms with van der Waals surface area (Å²) in [6.07, 6.45) is 0. The van der Waals surface area contributed by atoms with Crippen molar-refractivity contribution in [1.29, 1.82) is 0 Å². The van der Waals surface area contributed by atoms with Crippen LogP contribution in [0.15, 0.2) is 5.38 Å². The lowest BCUT2D eigenvalue weighted by Crippen LogP contribution is -2.18. The zero-order chi connectivity index (χ0) is 9.90. The monoisotopic (exact) mass is 219 g/mol. The van der Waals surface area contributed by atoms with Crippen molar-refractivity contribution in [1.82, 2.24) is 4.98 Å². The highest BCUT2D eigenvalue weighted by molar-refractivity contribution is 7.09. The van der Waals surface area contributed by atoms with E-state index >= 15 is 0 Å². The minimum absolute atomic E-state index is 0.104. The van der Waals surface area contributed by atoms with Crippen LogP contribution < -0.4 is 0 Å². The third-order valence-corrected chi connectivity index (χ3v) is 2.51. The summed E-state index contributed by atoms with van der Waals surface area (Å²) in [6.45, 7) is 6.67. The Morgan fingerprint density at radius 1 is 1.54 bits per heavy atom. The molecule has 2 nitrogen and oxygen atoms in total. The second-order valence-corrected chi connectivity index (χ2v) is 4.98. The molecule has 0 amide bonds. The molecule has 0 aromatic carbocycles. The molecular formula is C9H14ClNOS. The van der Waals surface area contributed by atoms with Gasteiger partial charge in [0.25, 0.3) is 0 Å². The van der Waals surface area contributed by atoms with Crippen molar-refractivity contribution < 1.29 is 4.74 Å². The van der Waals surface area contributed by atoms with Crippen LogP contribution >= 0.6 is 22.9 Å². The topological polar surface area (TPSA) is 22.1 Å². The average Bonchev–Trinajstić information content (AvgIpc) is 2.47. The number of hydrogen-bond acceptors (Lipinski definition) is 3. The van der Waals surface area contributed by atoms with Gasteiger partial charge in [-0.2, -0.15) is 0 Å². The Morgan fingerprint density at radius 3 is 2.69 bits per heavy atom. The predicted molar refractivity (Wildman–Crippen MR) is 56.2 cm³/mol. The van der Waals surface area contributed by atoms with Crippen LogP contribution in [0.1, 0.15) is 31.5 Å². The first-order valence-corrected chi connectivity index (χ1v) is 5.56. The van der Waals surface area contributed by atoms with Crippen molar-refractivity contribution in [3.63, 3.8) is 0 Å². The van der Waals surface area contributed by atoms with Crippen molar-refractivity contribution >= 4 is 22.9 Å². The van der Waals surface area contributed by atoms with E-state index in [0.29, 0.717) is 12.5 Å². The molecule has 0 saturated carbocycles.